The SMILES string of the molecule is Cc1ccc(-c2ccc(C)c(C)c2)cc1C.Cc1ccc(C(=O)c2ccc(C)c(C)c2)cc1C.Cc1ccc(C(C)(c2ccc(C)c(C)c2)C(F)(F)F)cc1C.Cc1ccc(Oc2ccc(C)c(C)c2)cc1C. The lowest BCUT2D eigenvalue weighted by Crippen LogP contribution is -2.40. The van der Waals surface area contributed by atoms with Crippen LogP contribution in [0.4, 0.5) is 13.2 Å². The van der Waals surface area contributed by atoms with Gasteiger partial charge in [-0.25, -0.2) is 0 Å². The summed E-state index contributed by atoms with van der Waals surface area (Å²) in [5.74, 6) is 1.90. The van der Waals surface area contributed by atoms with Crippen molar-refractivity contribution in [3.8, 4) is 22.6 Å². The van der Waals surface area contributed by atoms with Crippen LogP contribution in [0.3, 0.4) is 0 Å². The average molecular weight is 981 g/mol. The fraction of sp³-hybridized carbons (Fsp3) is 0.279. The molecule has 0 N–H and O–H groups in total. The lowest BCUT2D eigenvalue weighted by atomic mass is 9.74. The third kappa shape index (κ3) is 14.4. The second-order valence-electron chi connectivity index (χ2n) is 20.3. The molecule has 0 unspecified atom stereocenters. The molecule has 0 aromatic heterocycles. The van der Waals surface area contributed by atoms with Crippen LogP contribution in [0.5, 0.6) is 11.5 Å². The maximum atomic E-state index is 13.9. The Labute approximate surface area is 435 Å². The Hall–Kier alpha value is -6.98. The molecule has 0 fully saturated rings. The van der Waals surface area contributed by atoms with E-state index in [-0.39, 0.29) is 16.9 Å². The van der Waals surface area contributed by atoms with Gasteiger partial charge in [0.25, 0.3) is 0 Å². The molecule has 0 aliphatic heterocycles. The Balaban J connectivity index is 0.000000182. The molecule has 0 spiro atoms. The van der Waals surface area contributed by atoms with Crippen molar-refractivity contribution in [1.82, 2.24) is 0 Å². The summed E-state index contributed by atoms with van der Waals surface area (Å²) in [6, 6.07) is 47.4. The lowest BCUT2D eigenvalue weighted by molar-refractivity contribution is -0.173. The average Bonchev–Trinajstić information content (AvgIpc) is 3.34. The molecule has 0 radical (unpaired) electrons. The lowest BCUT2D eigenvalue weighted by Gasteiger charge is -2.34. The molecular formula is C68H75F3O2. The van der Waals surface area contributed by atoms with Crippen molar-refractivity contribution in [3.63, 3.8) is 0 Å². The zero-order valence-corrected chi connectivity index (χ0v) is 46.3. The van der Waals surface area contributed by atoms with E-state index in [0.717, 1.165) is 56.0 Å². The maximum Gasteiger partial charge on any atom is 0.402 e. The van der Waals surface area contributed by atoms with Crippen LogP contribution in [0.1, 0.15) is 123 Å². The normalized spacial score (nSPS) is 11.1. The van der Waals surface area contributed by atoms with Crippen LogP contribution < -0.4 is 4.74 Å². The predicted molar refractivity (Wildman–Crippen MR) is 302 cm³/mol. The smallest absolute Gasteiger partial charge is 0.402 e. The van der Waals surface area contributed by atoms with Gasteiger partial charge >= 0.3 is 6.18 Å². The molecule has 0 aliphatic carbocycles. The van der Waals surface area contributed by atoms with Crippen LogP contribution in [0.2, 0.25) is 0 Å². The number of rotatable bonds is 7. The number of carbonyl (C=O) groups is 1. The zero-order chi connectivity index (χ0) is 54.1. The Morgan fingerprint density at radius 1 is 0.315 bits per heavy atom. The minimum atomic E-state index is -4.36. The first-order valence-corrected chi connectivity index (χ1v) is 25.1. The van der Waals surface area contributed by atoms with Gasteiger partial charge in [-0.2, -0.15) is 13.2 Å². The molecule has 8 aromatic carbocycles. The molecule has 380 valence electrons. The molecule has 0 saturated carbocycles. The number of aryl methyl sites for hydroxylation is 16. The molecule has 5 heteroatoms. The van der Waals surface area contributed by atoms with E-state index in [4.69, 9.17) is 4.74 Å². The van der Waals surface area contributed by atoms with Gasteiger partial charge in [-0.05, 0) is 265 Å². The highest BCUT2D eigenvalue weighted by atomic mass is 19.4. The van der Waals surface area contributed by atoms with Crippen LogP contribution in [-0.2, 0) is 5.41 Å². The molecule has 0 amide bonds. The molecule has 73 heavy (non-hydrogen) atoms. The third-order valence-electron chi connectivity index (χ3n) is 14.8. The summed E-state index contributed by atoms with van der Waals surface area (Å²) < 4.78 is 47.7. The summed E-state index contributed by atoms with van der Waals surface area (Å²) in [7, 11) is 0. The first kappa shape index (κ1) is 56.9. The van der Waals surface area contributed by atoms with Crippen molar-refractivity contribution < 1.29 is 22.7 Å². The molecule has 0 saturated heterocycles. The van der Waals surface area contributed by atoms with Gasteiger partial charge < -0.3 is 4.74 Å². The fourth-order valence-corrected chi connectivity index (χ4v) is 8.06. The largest absolute Gasteiger partial charge is 0.457 e. The molecule has 0 aliphatic rings. The maximum absolute atomic E-state index is 13.9. The summed E-state index contributed by atoms with van der Waals surface area (Å²) in [4.78, 5) is 12.4. The highest BCUT2D eigenvalue weighted by Crippen LogP contribution is 2.47. The van der Waals surface area contributed by atoms with Gasteiger partial charge in [0.2, 0.25) is 0 Å². The number of ketones is 1. The van der Waals surface area contributed by atoms with Crippen molar-refractivity contribution in [1.29, 1.82) is 0 Å². The Kier molecular flexibility index (Phi) is 18.8. The van der Waals surface area contributed by atoms with Gasteiger partial charge in [-0.15, -0.1) is 0 Å². The standard InChI is InChI=1S/C19H21F3.C17H18O.C16H18O.C16H18/c1-12-6-8-16(10-14(12)3)18(5,19(20,21)22)17-9-7-13(2)15(4)11-17;1-11-5-7-15(9-13(11)3)17(18)16-8-6-12(2)14(4)10-16;1-11-5-7-15(9-13(11)3)17-16-8-6-12(2)14(4)10-16;1-11-5-7-15(9-13(11)3)16-8-6-12(2)14(4)10-16/h6-11H,1-5H3;5-10H,1-4H3;5-10H,1-4H3;5-10H,1-4H3. The summed E-state index contributed by atoms with van der Waals surface area (Å²) in [6.07, 6.45) is -4.36. The highest BCUT2D eigenvalue weighted by Gasteiger charge is 2.53. The number of hydrogen-bond donors (Lipinski definition) is 0. The van der Waals surface area contributed by atoms with Gasteiger partial charge in [0, 0.05) is 11.1 Å². The number of alkyl halides is 3. The van der Waals surface area contributed by atoms with Crippen molar-refractivity contribution in [2.75, 3.05) is 0 Å². The predicted octanol–water partition coefficient (Wildman–Crippen LogP) is 19.2. The number of ether oxygens (including phenoxy) is 1. The highest BCUT2D eigenvalue weighted by molar-refractivity contribution is 6.09. The van der Waals surface area contributed by atoms with Gasteiger partial charge in [0.1, 0.15) is 16.9 Å². The van der Waals surface area contributed by atoms with E-state index < -0.39 is 11.6 Å². The topological polar surface area (TPSA) is 26.3 Å². The van der Waals surface area contributed by atoms with E-state index in [2.05, 4.69) is 130 Å². The van der Waals surface area contributed by atoms with Gasteiger partial charge in [0.05, 0.1) is 0 Å². The number of carbonyl (C=O) groups excluding carboxylic acids is 1. The fourth-order valence-electron chi connectivity index (χ4n) is 8.06. The molecule has 0 bridgehead atoms. The molecule has 8 aromatic rings. The van der Waals surface area contributed by atoms with Gasteiger partial charge in [0.15, 0.2) is 5.78 Å². The summed E-state index contributed by atoms with van der Waals surface area (Å²) >= 11 is 0. The second kappa shape index (κ2) is 24.2. The second-order valence-corrected chi connectivity index (χ2v) is 20.3. The van der Waals surface area contributed by atoms with Gasteiger partial charge in [-0.1, -0.05) is 109 Å². The van der Waals surface area contributed by atoms with Gasteiger partial charge in [-0.3, -0.25) is 4.79 Å². The van der Waals surface area contributed by atoms with Crippen LogP contribution in [-0.4, -0.2) is 12.0 Å². The zero-order valence-electron chi connectivity index (χ0n) is 46.3. The molecule has 0 heterocycles. The van der Waals surface area contributed by atoms with E-state index >= 15 is 0 Å². The monoisotopic (exact) mass is 981 g/mol. The van der Waals surface area contributed by atoms with Crippen molar-refractivity contribution in [3.05, 3.63) is 257 Å². The number of benzene rings is 8. The van der Waals surface area contributed by atoms with Crippen molar-refractivity contribution in [2.24, 2.45) is 0 Å². The molecule has 8 rings (SSSR count). The van der Waals surface area contributed by atoms with E-state index in [0.29, 0.717) is 0 Å². The van der Waals surface area contributed by atoms with E-state index in [1.54, 1.807) is 36.4 Å². The molecular weight excluding hydrogens is 906 g/mol. The van der Waals surface area contributed by atoms with E-state index in [9.17, 15) is 18.0 Å². The Morgan fingerprint density at radius 2 is 0.575 bits per heavy atom. The first-order valence-electron chi connectivity index (χ1n) is 25.1. The van der Waals surface area contributed by atoms with Crippen molar-refractivity contribution >= 4 is 5.78 Å². The molecule has 0 atom stereocenters. The Bertz CT molecular complexity index is 3040. The van der Waals surface area contributed by atoms with Crippen LogP contribution in [0.15, 0.2) is 146 Å². The number of halogens is 3. The quantitative estimate of drug-likeness (QED) is 0.149. The summed E-state index contributed by atoms with van der Waals surface area (Å²) in [6.45, 7) is 34.0. The number of hydrogen-bond acceptors (Lipinski definition) is 2. The summed E-state index contributed by atoms with van der Waals surface area (Å²) in [5.41, 5.74) is 21.7. The summed E-state index contributed by atoms with van der Waals surface area (Å²) in [5, 5.41) is 0. The Morgan fingerprint density at radius 3 is 0.849 bits per heavy atom. The van der Waals surface area contributed by atoms with E-state index in [1.807, 2.05) is 90.1 Å². The van der Waals surface area contributed by atoms with Crippen molar-refractivity contribution in [2.45, 2.75) is 129 Å². The molecule has 2 nitrogen and oxygen atoms in total. The van der Waals surface area contributed by atoms with E-state index in [1.165, 1.54) is 73.7 Å². The third-order valence-corrected chi connectivity index (χ3v) is 14.8. The van der Waals surface area contributed by atoms with Crippen LogP contribution in [0.25, 0.3) is 11.1 Å². The van der Waals surface area contributed by atoms with Crippen LogP contribution >= 0.6 is 0 Å². The first-order chi connectivity index (χ1) is 34.2. The minimum Gasteiger partial charge on any atom is -0.457 e. The van der Waals surface area contributed by atoms with Crippen LogP contribution in [0, 0.1) is 111 Å². The minimum absolute atomic E-state index is 0.0983.